The van der Waals surface area contributed by atoms with Crippen LogP contribution < -0.4 is 10.7 Å². The standard InChI is InChI=1S/C6H9N3O2.Y/c1-2-11-6(10)4-5(7)9-3-8-4;/h3H,2H2,1H3,(H3,7,8,9,10);/q;+3/p-1. The second-order valence-corrected chi connectivity index (χ2v) is 1.83. The smallest absolute Gasteiger partial charge is 0.462 e. The number of aromatic nitrogens is 2. The summed E-state index contributed by atoms with van der Waals surface area (Å²) >= 11 is 0. The fourth-order valence-electron chi connectivity index (χ4n) is 0.633. The maximum absolute atomic E-state index is 10.9. The SMILES string of the molecule is CCOC(=O)c1nc[n-]c1N.[Y+3]. The zero-order valence-electron chi connectivity index (χ0n) is 6.65. The first-order valence-electron chi connectivity index (χ1n) is 3.16. The van der Waals surface area contributed by atoms with Gasteiger partial charge in [-0.3, -0.25) is 0 Å². The van der Waals surface area contributed by atoms with Crippen molar-refractivity contribution in [3.05, 3.63) is 12.0 Å². The van der Waals surface area contributed by atoms with Crippen molar-refractivity contribution in [1.29, 1.82) is 0 Å². The summed E-state index contributed by atoms with van der Waals surface area (Å²) < 4.78 is 4.65. The summed E-state index contributed by atoms with van der Waals surface area (Å²) in [7, 11) is 0. The molecule has 0 saturated carbocycles. The fraction of sp³-hybridized carbons (Fsp3) is 0.333. The molecule has 0 aliphatic carbocycles. The number of hydrogen-bond acceptors (Lipinski definition) is 4. The van der Waals surface area contributed by atoms with E-state index in [4.69, 9.17) is 5.73 Å². The van der Waals surface area contributed by atoms with Gasteiger partial charge in [0, 0.05) is 5.82 Å². The van der Waals surface area contributed by atoms with Crippen molar-refractivity contribution in [2.75, 3.05) is 12.3 Å². The Bertz CT molecular complexity index is 261. The monoisotopic (exact) mass is 243 g/mol. The molecule has 0 amide bonds. The van der Waals surface area contributed by atoms with Crippen LogP contribution in [0.1, 0.15) is 17.4 Å². The van der Waals surface area contributed by atoms with Crippen molar-refractivity contribution < 1.29 is 42.2 Å². The molecule has 0 atom stereocenters. The van der Waals surface area contributed by atoms with Crippen LogP contribution in [-0.4, -0.2) is 17.6 Å². The van der Waals surface area contributed by atoms with E-state index in [-0.39, 0.29) is 44.2 Å². The molecule has 1 aromatic heterocycles. The molecule has 2 N–H and O–H groups in total. The number of imidazole rings is 1. The molecule has 0 fully saturated rings. The van der Waals surface area contributed by atoms with Gasteiger partial charge in [0.25, 0.3) is 0 Å². The fourth-order valence-corrected chi connectivity index (χ4v) is 0.633. The summed E-state index contributed by atoms with van der Waals surface area (Å²) in [6, 6.07) is 0. The number of nitrogens with two attached hydrogens (primary N) is 1. The summed E-state index contributed by atoms with van der Waals surface area (Å²) in [5, 5.41) is 0. The number of anilines is 1. The van der Waals surface area contributed by atoms with Gasteiger partial charge in [-0.25, -0.2) is 4.79 Å². The zero-order chi connectivity index (χ0) is 8.27. The van der Waals surface area contributed by atoms with Crippen LogP contribution in [0.25, 0.3) is 0 Å². The second kappa shape index (κ2) is 5.27. The summed E-state index contributed by atoms with van der Waals surface area (Å²) in [6.07, 6.45) is 1.22. The molecule has 0 saturated heterocycles. The first-order valence-corrected chi connectivity index (χ1v) is 3.16. The van der Waals surface area contributed by atoms with Gasteiger partial charge in [-0.05, 0) is 13.3 Å². The van der Waals surface area contributed by atoms with E-state index in [0.717, 1.165) is 0 Å². The van der Waals surface area contributed by atoms with E-state index in [0.29, 0.717) is 6.61 Å². The number of carbonyl (C=O) groups excluding carboxylic acids is 1. The van der Waals surface area contributed by atoms with Crippen molar-refractivity contribution in [2.45, 2.75) is 6.92 Å². The number of carbonyl (C=O) groups is 1. The van der Waals surface area contributed by atoms with Gasteiger partial charge in [0.1, 0.15) is 0 Å². The number of esters is 1. The van der Waals surface area contributed by atoms with Crippen LogP contribution in [0.3, 0.4) is 0 Å². The van der Waals surface area contributed by atoms with Crippen molar-refractivity contribution in [1.82, 2.24) is 9.97 Å². The van der Waals surface area contributed by atoms with Gasteiger partial charge < -0.3 is 20.4 Å². The molecule has 0 radical (unpaired) electrons. The summed E-state index contributed by atoms with van der Waals surface area (Å²) in [5.41, 5.74) is 5.39. The van der Waals surface area contributed by atoms with E-state index >= 15 is 0 Å². The number of hydrogen-bond donors (Lipinski definition) is 1. The Kier molecular flexibility index (Phi) is 5.09. The molecule has 0 unspecified atom stereocenters. The summed E-state index contributed by atoms with van der Waals surface area (Å²) in [5.74, 6) is -0.411. The predicted molar refractivity (Wildman–Crippen MR) is 37.9 cm³/mol. The zero-order valence-corrected chi connectivity index (χ0v) is 9.49. The topological polar surface area (TPSA) is 79.3 Å². The molecule has 60 valence electrons. The molecule has 0 aliphatic rings. The molecular weight excluding hydrogens is 235 g/mol. The summed E-state index contributed by atoms with van der Waals surface area (Å²) in [6.45, 7) is 2.02. The van der Waals surface area contributed by atoms with Crippen LogP contribution in [0.4, 0.5) is 5.82 Å². The maximum Gasteiger partial charge on any atom is 3.00 e. The van der Waals surface area contributed by atoms with Gasteiger partial charge in [0.2, 0.25) is 0 Å². The van der Waals surface area contributed by atoms with E-state index in [2.05, 4.69) is 14.7 Å². The minimum Gasteiger partial charge on any atom is -0.462 e. The number of nitrogen functional groups attached to an aromatic ring is 1. The minimum absolute atomic E-state index is 0. The van der Waals surface area contributed by atoms with Crippen LogP contribution in [0, 0.1) is 0 Å². The Morgan fingerprint density at radius 2 is 2.50 bits per heavy atom. The second-order valence-electron chi connectivity index (χ2n) is 1.83. The van der Waals surface area contributed by atoms with Gasteiger partial charge in [0.05, 0.1) is 12.3 Å². The van der Waals surface area contributed by atoms with Crippen molar-refractivity contribution in [2.24, 2.45) is 0 Å². The molecule has 0 aliphatic heterocycles. The normalized spacial score (nSPS) is 8.75. The molecule has 12 heavy (non-hydrogen) atoms. The largest absolute Gasteiger partial charge is 3.00 e. The van der Waals surface area contributed by atoms with Crippen LogP contribution in [0.15, 0.2) is 6.33 Å². The van der Waals surface area contributed by atoms with Crippen LogP contribution in [0.2, 0.25) is 0 Å². The first kappa shape index (κ1) is 11.6. The van der Waals surface area contributed by atoms with Crippen LogP contribution in [-0.2, 0) is 37.4 Å². The van der Waals surface area contributed by atoms with Crippen LogP contribution in [0.5, 0.6) is 0 Å². The molecule has 1 rings (SSSR count). The van der Waals surface area contributed by atoms with E-state index in [1.165, 1.54) is 6.33 Å². The Hall–Kier alpha value is -0.416. The third kappa shape index (κ3) is 2.57. The number of nitrogens with zero attached hydrogens (tertiary/aromatic N) is 2. The molecule has 0 spiro atoms. The Balaban J connectivity index is 0.00000121. The quantitative estimate of drug-likeness (QED) is 0.727. The van der Waals surface area contributed by atoms with E-state index < -0.39 is 5.97 Å². The van der Waals surface area contributed by atoms with Gasteiger partial charge in [-0.1, -0.05) is 0 Å². The number of rotatable bonds is 2. The third-order valence-electron chi connectivity index (χ3n) is 1.10. The van der Waals surface area contributed by atoms with Crippen molar-refractivity contribution >= 4 is 11.8 Å². The predicted octanol–water partition coefficient (Wildman–Crippen LogP) is -0.205. The van der Waals surface area contributed by atoms with E-state index in [9.17, 15) is 4.79 Å². The maximum atomic E-state index is 10.9. The van der Waals surface area contributed by atoms with Gasteiger partial charge >= 0.3 is 38.7 Å². The molecular formula is C6H8N3O2Y+2. The van der Waals surface area contributed by atoms with Gasteiger partial charge in [0.15, 0.2) is 0 Å². The average Bonchev–Trinajstić information content (AvgIpc) is 2.36. The van der Waals surface area contributed by atoms with Crippen molar-refractivity contribution in [3.63, 3.8) is 0 Å². The van der Waals surface area contributed by atoms with Gasteiger partial charge in [-0.2, -0.15) is 0 Å². The van der Waals surface area contributed by atoms with E-state index in [1.54, 1.807) is 6.92 Å². The molecule has 1 heterocycles. The molecule has 0 bridgehead atoms. The van der Waals surface area contributed by atoms with Gasteiger partial charge in [-0.15, -0.1) is 0 Å². The average molecular weight is 243 g/mol. The Labute approximate surface area is 95.0 Å². The first-order chi connectivity index (χ1) is 5.25. The van der Waals surface area contributed by atoms with E-state index in [1.807, 2.05) is 0 Å². The molecule has 5 nitrogen and oxygen atoms in total. The molecule has 0 aromatic carbocycles. The molecule has 6 heteroatoms. The molecule has 1 aromatic rings. The number of ether oxygens (including phenoxy) is 1. The Morgan fingerprint density at radius 3 is 2.92 bits per heavy atom. The summed E-state index contributed by atoms with van der Waals surface area (Å²) in [4.78, 5) is 18.1. The Morgan fingerprint density at radius 1 is 1.83 bits per heavy atom. The van der Waals surface area contributed by atoms with Crippen molar-refractivity contribution in [3.8, 4) is 0 Å². The third-order valence-corrected chi connectivity index (χ3v) is 1.10. The minimum atomic E-state index is -0.525. The van der Waals surface area contributed by atoms with Crippen LogP contribution >= 0.6 is 0 Å².